The molecule has 2 aliphatic rings. The van der Waals surface area contributed by atoms with E-state index in [1.807, 2.05) is 0 Å². The van der Waals surface area contributed by atoms with Gasteiger partial charge in [-0.1, -0.05) is 12.1 Å². The van der Waals surface area contributed by atoms with Crippen molar-refractivity contribution >= 4 is 10.0 Å². The third kappa shape index (κ3) is 4.18. The predicted octanol–water partition coefficient (Wildman–Crippen LogP) is 3.74. The van der Waals surface area contributed by atoms with Crippen LogP contribution in [-0.2, 0) is 10.0 Å². The minimum atomic E-state index is -4.98. The Morgan fingerprint density at radius 2 is 1.62 bits per heavy atom. The minimum Gasteiger partial charge on any atom is -0.490 e. The van der Waals surface area contributed by atoms with E-state index in [4.69, 9.17) is 4.74 Å². The van der Waals surface area contributed by atoms with Crippen molar-refractivity contribution in [2.24, 2.45) is 0 Å². The molecule has 2 fully saturated rings. The number of nitrogens with zero attached hydrogens (tertiary/aromatic N) is 2. The first-order valence-electron chi connectivity index (χ1n) is 9.19. The van der Waals surface area contributed by atoms with Crippen molar-refractivity contribution in [2.45, 2.75) is 55.1 Å². The SMILES string of the molecule is O=S(=O)(c1ccccc1OC(F)(F)F)N1C2CCC1CC(Oc1ccncc1)C2. The zero-order valence-electron chi connectivity index (χ0n) is 15.2. The van der Waals surface area contributed by atoms with E-state index in [-0.39, 0.29) is 18.2 Å². The molecule has 1 aromatic carbocycles. The first-order chi connectivity index (χ1) is 13.7. The second kappa shape index (κ2) is 7.49. The Kier molecular flexibility index (Phi) is 5.16. The van der Waals surface area contributed by atoms with E-state index < -0.39 is 27.0 Å². The van der Waals surface area contributed by atoms with E-state index in [2.05, 4.69) is 9.72 Å². The number of benzene rings is 1. The molecule has 2 unspecified atom stereocenters. The van der Waals surface area contributed by atoms with Crippen LogP contribution in [0.3, 0.4) is 0 Å². The topological polar surface area (TPSA) is 68.7 Å². The molecule has 156 valence electrons. The summed E-state index contributed by atoms with van der Waals surface area (Å²) in [5, 5.41) is 0. The number of aromatic nitrogens is 1. The van der Waals surface area contributed by atoms with E-state index >= 15 is 0 Å². The van der Waals surface area contributed by atoms with Gasteiger partial charge in [0.25, 0.3) is 0 Å². The fourth-order valence-corrected chi connectivity index (χ4v) is 6.18. The van der Waals surface area contributed by atoms with Crippen LogP contribution < -0.4 is 9.47 Å². The molecule has 4 rings (SSSR count). The Morgan fingerprint density at radius 3 is 2.24 bits per heavy atom. The zero-order chi connectivity index (χ0) is 20.6. The summed E-state index contributed by atoms with van der Waals surface area (Å²) in [5.41, 5.74) is 0. The monoisotopic (exact) mass is 428 g/mol. The van der Waals surface area contributed by atoms with Crippen molar-refractivity contribution < 1.29 is 31.1 Å². The van der Waals surface area contributed by atoms with Crippen LogP contribution in [0, 0.1) is 0 Å². The maximum absolute atomic E-state index is 13.2. The number of alkyl halides is 3. The lowest BCUT2D eigenvalue weighted by molar-refractivity contribution is -0.275. The van der Waals surface area contributed by atoms with Gasteiger partial charge in [0.15, 0.2) is 0 Å². The Labute approximate surface area is 166 Å². The molecule has 6 nitrogen and oxygen atoms in total. The van der Waals surface area contributed by atoms with Crippen molar-refractivity contribution in [2.75, 3.05) is 0 Å². The number of halogens is 3. The number of sulfonamides is 1. The summed E-state index contributed by atoms with van der Waals surface area (Å²) in [5.74, 6) is -0.0563. The molecule has 10 heteroatoms. The number of hydrogen-bond donors (Lipinski definition) is 0. The van der Waals surface area contributed by atoms with Gasteiger partial charge in [-0.25, -0.2) is 8.42 Å². The average molecular weight is 428 g/mol. The van der Waals surface area contributed by atoms with Crippen LogP contribution in [0.15, 0.2) is 53.7 Å². The molecule has 2 bridgehead atoms. The number of hydrogen-bond acceptors (Lipinski definition) is 5. The van der Waals surface area contributed by atoms with Gasteiger partial charge in [0.05, 0.1) is 0 Å². The summed E-state index contributed by atoms with van der Waals surface area (Å²) in [6.07, 6.45) is 0.312. The molecular formula is C19H19F3N2O4S. The van der Waals surface area contributed by atoms with E-state index in [9.17, 15) is 21.6 Å². The summed E-state index contributed by atoms with van der Waals surface area (Å²) in [4.78, 5) is 3.46. The van der Waals surface area contributed by atoms with Crippen LogP contribution in [-0.4, -0.2) is 42.3 Å². The lowest BCUT2D eigenvalue weighted by atomic mass is 10.0. The molecule has 2 aromatic rings. The largest absolute Gasteiger partial charge is 0.573 e. The van der Waals surface area contributed by atoms with Gasteiger partial charge in [-0.15, -0.1) is 13.2 Å². The number of rotatable bonds is 5. The first-order valence-corrected chi connectivity index (χ1v) is 10.6. The second-order valence-corrected chi connectivity index (χ2v) is 8.92. The minimum absolute atomic E-state index is 0.164. The Bertz CT molecular complexity index is 955. The summed E-state index contributed by atoms with van der Waals surface area (Å²) in [7, 11) is -4.15. The summed E-state index contributed by atoms with van der Waals surface area (Å²) in [6, 6.07) is 7.66. The second-order valence-electron chi connectivity index (χ2n) is 7.11. The highest BCUT2D eigenvalue weighted by Crippen LogP contribution is 2.42. The van der Waals surface area contributed by atoms with Gasteiger partial charge >= 0.3 is 6.36 Å². The third-order valence-electron chi connectivity index (χ3n) is 5.21. The Morgan fingerprint density at radius 1 is 1.00 bits per heavy atom. The van der Waals surface area contributed by atoms with Crippen molar-refractivity contribution in [3.8, 4) is 11.5 Å². The highest BCUT2D eigenvalue weighted by Gasteiger charge is 2.49. The van der Waals surface area contributed by atoms with Gasteiger partial charge in [0.1, 0.15) is 22.5 Å². The maximum Gasteiger partial charge on any atom is 0.573 e. The smallest absolute Gasteiger partial charge is 0.490 e. The van der Waals surface area contributed by atoms with Crippen LogP contribution >= 0.6 is 0 Å². The Balaban J connectivity index is 1.57. The fourth-order valence-electron chi connectivity index (χ4n) is 4.17. The van der Waals surface area contributed by atoms with Crippen LogP contribution in [0.2, 0.25) is 0 Å². The Hall–Kier alpha value is -2.33. The van der Waals surface area contributed by atoms with E-state index in [0.717, 1.165) is 12.1 Å². The molecule has 0 radical (unpaired) electrons. The molecule has 0 saturated carbocycles. The molecule has 0 spiro atoms. The number of ether oxygens (including phenoxy) is 2. The van der Waals surface area contributed by atoms with Crippen LogP contribution in [0.4, 0.5) is 13.2 Å². The highest BCUT2D eigenvalue weighted by atomic mass is 32.2. The molecule has 29 heavy (non-hydrogen) atoms. The molecule has 0 amide bonds. The molecule has 1 aromatic heterocycles. The lowest BCUT2D eigenvalue weighted by Gasteiger charge is -2.38. The molecule has 2 atom stereocenters. The zero-order valence-corrected chi connectivity index (χ0v) is 16.1. The van der Waals surface area contributed by atoms with Crippen molar-refractivity contribution in [3.05, 3.63) is 48.8 Å². The standard InChI is InChI=1S/C19H19F3N2O4S/c20-19(21,22)28-17-3-1-2-4-18(17)29(25,26)24-13-5-6-14(24)12-16(11-13)27-15-7-9-23-10-8-15/h1-4,7-10,13-14,16H,5-6,11-12H2. The molecule has 0 aliphatic carbocycles. The number of fused-ring (bicyclic) bond motifs is 2. The van der Waals surface area contributed by atoms with Gasteiger partial charge in [-0.2, -0.15) is 4.31 Å². The third-order valence-corrected chi connectivity index (χ3v) is 7.25. The van der Waals surface area contributed by atoms with Gasteiger partial charge in [-0.05, 0) is 37.1 Å². The van der Waals surface area contributed by atoms with Gasteiger partial charge in [0, 0.05) is 37.3 Å². The molecule has 3 heterocycles. The van der Waals surface area contributed by atoms with Crippen molar-refractivity contribution in [3.63, 3.8) is 0 Å². The summed E-state index contributed by atoms with van der Waals surface area (Å²) in [6.45, 7) is 0. The van der Waals surface area contributed by atoms with Gasteiger partial charge < -0.3 is 9.47 Å². The first kappa shape index (κ1) is 20.0. The van der Waals surface area contributed by atoms with Crippen molar-refractivity contribution in [1.29, 1.82) is 0 Å². The number of para-hydroxylation sites is 1. The lowest BCUT2D eigenvalue weighted by Crippen LogP contribution is -2.49. The van der Waals surface area contributed by atoms with Crippen LogP contribution in [0.1, 0.15) is 25.7 Å². The predicted molar refractivity (Wildman–Crippen MR) is 96.8 cm³/mol. The quantitative estimate of drug-likeness (QED) is 0.726. The molecule has 2 saturated heterocycles. The highest BCUT2D eigenvalue weighted by molar-refractivity contribution is 7.89. The fraction of sp³-hybridized carbons (Fsp3) is 0.421. The van der Waals surface area contributed by atoms with E-state index in [0.29, 0.717) is 31.4 Å². The van der Waals surface area contributed by atoms with E-state index in [1.54, 1.807) is 24.5 Å². The van der Waals surface area contributed by atoms with Crippen molar-refractivity contribution in [1.82, 2.24) is 9.29 Å². The number of piperidine rings is 1. The summed E-state index contributed by atoms with van der Waals surface area (Å²) < 4.78 is 75.9. The number of pyridine rings is 1. The normalized spacial score (nSPS) is 25.0. The molecule has 2 aliphatic heterocycles. The van der Waals surface area contributed by atoms with E-state index in [1.165, 1.54) is 16.4 Å². The molecule has 0 N–H and O–H groups in total. The van der Waals surface area contributed by atoms with Crippen LogP contribution in [0.25, 0.3) is 0 Å². The maximum atomic E-state index is 13.2. The van der Waals surface area contributed by atoms with Crippen LogP contribution in [0.5, 0.6) is 11.5 Å². The van der Waals surface area contributed by atoms with Gasteiger partial charge in [-0.3, -0.25) is 4.98 Å². The summed E-state index contributed by atoms with van der Waals surface area (Å²) >= 11 is 0. The average Bonchev–Trinajstić information content (AvgIpc) is 2.94. The van der Waals surface area contributed by atoms with Gasteiger partial charge in [0.2, 0.25) is 10.0 Å². The molecular weight excluding hydrogens is 409 g/mol.